The molecule has 2 aromatic rings. The van der Waals surface area contributed by atoms with Crippen molar-refractivity contribution < 1.29 is 22.3 Å². The van der Waals surface area contributed by atoms with Crippen LogP contribution < -0.4 is 10.5 Å². The molecule has 0 bridgehead atoms. The molecule has 0 atom stereocenters. The summed E-state index contributed by atoms with van der Waals surface area (Å²) in [7, 11) is 0. The number of rotatable bonds is 2. The van der Waals surface area contributed by atoms with Gasteiger partial charge in [-0.3, -0.25) is 0 Å². The first-order chi connectivity index (χ1) is 9.27. The van der Waals surface area contributed by atoms with Gasteiger partial charge in [0.1, 0.15) is 22.9 Å². The van der Waals surface area contributed by atoms with Crippen LogP contribution in [0.3, 0.4) is 0 Å². The lowest BCUT2D eigenvalue weighted by atomic mass is 10.1. The third kappa shape index (κ3) is 3.14. The van der Waals surface area contributed by atoms with Crippen LogP contribution in [-0.4, -0.2) is 0 Å². The highest BCUT2D eigenvalue weighted by atomic mass is 35.5. The summed E-state index contributed by atoms with van der Waals surface area (Å²) in [5.41, 5.74) is 4.26. The first kappa shape index (κ1) is 14.5. The number of nitrogens with two attached hydrogens (primary N) is 1. The summed E-state index contributed by atoms with van der Waals surface area (Å²) < 4.78 is 56.6. The molecule has 2 rings (SSSR count). The summed E-state index contributed by atoms with van der Waals surface area (Å²) in [6.07, 6.45) is -4.63. The van der Waals surface area contributed by atoms with E-state index in [9.17, 15) is 17.6 Å². The Morgan fingerprint density at radius 3 is 2.25 bits per heavy atom. The van der Waals surface area contributed by atoms with Gasteiger partial charge in [0.15, 0.2) is 0 Å². The van der Waals surface area contributed by atoms with Crippen molar-refractivity contribution in [2.75, 3.05) is 5.73 Å². The van der Waals surface area contributed by atoms with Crippen molar-refractivity contribution >= 4 is 17.3 Å². The van der Waals surface area contributed by atoms with Gasteiger partial charge in [0.05, 0.1) is 5.02 Å². The van der Waals surface area contributed by atoms with E-state index in [2.05, 4.69) is 0 Å². The average molecular weight is 306 g/mol. The molecular weight excluding hydrogens is 298 g/mol. The van der Waals surface area contributed by atoms with Gasteiger partial charge in [-0.05, 0) is 36.4 Å². The predicted molar refractivity (Wildman–Crippen MR) is 67.3 cm³/mol. The number of nitrogen functional groups attached to an aromatic ring is 1. The molecule has 0 saturated carbocycles. The SMILES string of the molecule is Nc1ccc(Oc2ccc(F)cc2Cl)c(C(F)(F)F)c1. The van der Waals surface area contributed by atoms with Crippen LogP contribution in [0.5, 0.6) is 11.5 Å². The van der Waals surface area contributed by atoms with Crippen LogP contribution in [0.4, 0.5) is 23.2 Å². The number of benzene rings is 2. The highest BCUT2D eigenvalue weighted by Crippen LogP contribution is 2.40. The minimum atomic E-state index is -4.63. The van der Waals surface area contributed by atoms with Crippen LogP contribution in [0.1, 0.15) is 5.56 Å². The lowest BCUT2D eigenvalue weighted by Crippen LogP contribution is -2.08. The zero-order chi connectivity index (χ0) is 14.9. The Bertz CT molecular complexity index is 643. The summed E-state index contributed by atoms with van der Waals surface area (Å²) in [6.45, 7) is 0. The summed E-state index contributed by atoms with van der Waals surface area (Å²) in [5.74, 6) is -1.15. The summed E-state index contributed by atoms with van der Waals surface area (Å²) in [6, 6.07) is 6.23. The Kier molecular flexibility index (Phi) is 3.76. The van der Waals surface area contributed by atoms with Crippen molar-refractivity contribution in [2.45, 2.75) is 6.18 Å². The molecule has 20 heavy (non-hydrogen) atoms. The van der Waals surface area contributed by atoms with Crippen molar-refractivity contribution in [1.82, 2.24) is 0 Å². The van der Waals surface area contributed by atoms with E-state index in [1.54, 1.807) is 0 Å². The number of hydrogen-bond acceptors (Lipinski definition) is 2. The van der Waals surface area contributed by atoms with Gasteiger partial charge < -0.3 is 10.5 Å². The van der Waals surface area contributed by atoms with Crippen molar-refractivity contribution in [2.24, 2.45) is 0 Å². The lowest BCUT2D eigenvalue weighted by Gasteiger charge is -2.15. The van der Waals surface area contributed by atoms with Crippen LogP contribution in [0.25, 0.3) is 0 Å². The monoisotopic (exact) mass is 305 g/mol. The Hall–Kier alpha value is -1.95. The lowest BCUT2D eigenvalue weighted by molar-refractivity contribution is -0.138. The fraction of sp³-hybridized carbons (Fsp3) is 0.0769. The van der Waals surface area contributed by atoms with Gasteiger partial charge in [0.25, 0.3) is 0 Å². The van der Waals surface area contributed by atoms with Crippen molar-refractivity contribution in [3.05, 3.63) is 52.8 Å². The van der Waals surface area contributed by atoms with Crippen molar-refractivity contribution in [3.63, 3.8) is 0 Å². The minimum absolute atomic E-state index is 0.0464. The molecule has 0 saturated heterocycles. The van der Waals surface area contributed by atoms with E-state index in [1.807, 2.05) is 0 Å². The van der Waals surface area contributed by atoms with Crippen molar-refractivity contribution in [3.8, 4) is 11.5 Å². The molecule has 0 radical (unpaired) electrons. The van der Waals surface area contributed by atoms with Gasteiger partial charge in [-0.15, -0.1) is 0 Å². The van der Waals surface area contributed by atoms with E-state index in [4.69, 9.17) is 22.1 Å². The van der Waals surface area contributed by atoms with E-state index >= 15 is 0 Å². The number of hydrogen-bond donors (Lipinski definition) is 1. The molecular formula is C13H8ClF4NO. The van der Waals surface area contributed by atoms with E-state index < -0.39 is 23.3 Å². The standard InChI is InChI=1S/C13H8ClF4NO/c14-10-5-7(15)1-3-12(10)20-11-4-2-8(19)6-9(11)13(16,17)18/h1-6H,19H2. The molecule has 0 aromatic heterocycles. The smallest absolute Gasteiger partial charge is 0.420 e. The van der Waals surface area contributed by atoms with Crippen LogP contribution in [0.15, 0.2) is 36.4 Å². The summed E-state index contributed by atoms with van der Waals surface area (Å²) in [5, 5.41) is -0.130. The Morgan fingerprint density at radius 2 is 1.65 bits per heavy atom. The Balaban J connectivity index is 2.43. The Morgan fingerprint density at radius 1 is 1.00 bits per heavy atom. The molecule has 0 aliphatic rings. The van der Waals surface area contributed by atoms with Crippen molar-refractivity contribution in [1.29, 1.82) is 0 Å². The molecule has 0 unspecified atom stereocenters. The number of ether oxygens (including phenoxy) is 1. The number of anilines is 1. The molecule has 0 aliphatic carbocycles. The van der Waals surface area contributed by atoms with Crippen LogP contribution in [0, 0.1) is 5.82 Å². The first-order valence-electron chi connectivity index (χ1n) is 5.37. The molecule has 0 heterocycles. The average Bonchev–Trinajstić information content (AvgIpc) is 2.33. The molecule has 2 N–H and O–H groups in total. The zero-order valence-corrected chi connectivity index (χ0v) is 10.6. The first-order valence-corrected chi connectivity index (χ1v) is 5.75. The fourth-order valence-electron chi connectivity index (χ4n) is 1.53. The Labute approximate surface area is 116 Å². The zero-order valence-electron chi connectivity index (χ0n) is 9.84. The third-order valence-corrected chi connectivity index (χ3v) is 2.72. The predicted octanol–water partition coefficient (Wildman–Crippen LogP) is 4.87. The second-order valence-electron chi connectivity index (χ2n) is 3.93. The molecule has 0 amide bonds. The highest BCUT2D eigenvalue weighted by molar-refractivity contribution is 6.32. The maximum atomic E-state index is 12.9. The van der Waals surface area contributed by atoms with Gasteiger partial charge >= 0.3 is 6.18 Å². The molecule has 2 aromatic carbocycles. The second kappa shape index (κ2) is 5.20. The number of alkyl halides is 3. The number of halogens is 5. The van der Waals surface area contributed by atoms with E-state index in [0.717, 1.165) is 30.3 Å². The summed E-state index contributed by atoms with van der Waals surface area (Å²) in [4.78, 5) is 0. The molecule has 0 spiro atoms. The third-order valence-electron chi connectivity index (χ3n) is 2.42. The maximum absolute atomic E-state index is 12.9. The molecule has 106 valence electrons. The minimum Gasteiger partial charge on any atom is -0.455 e. The second-order valence-corrected chi connectivity index (χ2v) is 4.34. The fourth-order valence-corrected chi connectivity index (χ4v) is 1.74. The quantitative estimate of drug-likeness (QED) is 0.634. The normalized spacial score (nSPS) is 11.4. The van der Waals surface area contributed by atoms with Crippen LogP contribution >= 0.6 is 11.6 Å². The maximum Gasteiger partial charge on any atom is 0.420 e. The molecule has 0 fully saturated rings. The topological polar surface area (TPSA) is 35.2 Å². The van der Waals surface area contributed by atoms with Crippen LogP contribution in [-0.2, 0) is 6.18 Å². The van der Waals surface area contributed by atoms with Gasteiger partial charge in [0, 0.05) is 5.69 Å². The largest absolute Gasteiger partial charge is 0.455 e. The van der Waals surface area contributed by atoms with Crippen LogP contribution in [0.2, 0.25) is 5.02 Å². The van der Waals surface area contributed by atoms with E-state index in [0.29, 0.717) is 0 Å². The van der Waals surface area contributed by atoms with Gasteiger partial charge in [-0.25, -0.2) is 4.39 Å². The van der Waals surface area contributed by atoms with Gasteiger partial charge in [-0.1, -0.05) is 11.6 Å². The van der Waals surface area contributed by atoms with Gasteiger partial charge in [0.2, 0.25) is 0 Å². The van der Waals surface area contributed by atoms with Gasteiger partial charge in [-0.2, -0.15) is 13.2 Å². The van der Waals surface area contributed by atoms with E-state index in [1.165, 1.54) is 6.07 Å². The molecule has 0 aliphatic heterocycles. The van der Waals surface area contributed by atoms with E-state index in [-0.39, 0.29) is 16.5 Å². The summed E-state index contributed by atoms with van der Waals surface area (Å²) >= 11 is 5.71. The molecule has 2 nitrogen and oxygen atoms in total. The highest BCUT2D eigenvalue weighted by Gasteiger charge is 2.35. The molecule has 7 heteroatoms.